The van der Waals surface area contributed by atoms with E-state index in [1.165, 1.54) is 47.0 Å². The third kappa shape index (κ3) is 5.30. The van der Waals surface area contributed by atoms with E-state index in [0.717, 1.165) is 12.8 Å². The molecule has 188 valence electrons. The van der Waals surface area contributed by atoms with E-state index in [1.54, 1.807) is 6.07 Å². The van der Waals surface area contributed by atoms with Crippen LogP contribution in [-0.2, 0) is 27.4 Å². The standard InChI is InChI=1S/C24H23ClFN5O5/c1-36-24(35)13-5-8-16-18(9-13)31(29-22(16)23(27)34)12-20(33)30(15-6-7-15)11-19(32)28-10-14-3-2-4-17(25)21(14)26/h2-5,8-9,15H,6-7,10-12H2,1H3,(H2,27,34)(H,28,32). The fourth-order valence-corrected chi connectivity index (χ4v) is 4.03. The lowest BCUT2D eigenvalue weighted by atomic mass is 10.1. The van der Waals surface area contributed by atoms with E-state index in [4.69, 9.17) is 22.1 Å². The Labute approximate surface area is 210 Å². The van der Waals surface area contributed by atoms with E-state index >= 15 is 0 Å². The molecule has 1 fully saturated rings. The molecule has 1 heterocycles. The number of primary amides is 1. The van der Waals surface area contributed by atoms with Gasteiger partial charge < -0.3 is 20.7 Å². The lowest BCUT2D eigenvalue weighted by molar-refractivity contribution is -0.137. The van der Waals surface area contributed by atoms with E-state index < -0.39 is 29.5 Å². The number of carbonyl (C=O) groups excluding carboxylic acids is 4. The number of hydrogen-bond donors (Lipinski definition) is 2. The number of rotatable bonds is 9. The van der Waals surface area contributed by atoms with Crippen LogP contribution in [-0.4, -0.2) is 58.1 Å². The third-order valence-corrected chi connectivity index (χ3v) is 6.11. The zero-order chi connectivity index (χ0) is 26.0. The Hall–Kier alpha value is -3.99. The second-order valence-corrected chi connectivity index (χ2v) is 8.74. The molecule has 0 atom stereocenters. The highest BCUT2D eigenvalue weighted by Crippen LogP contribution is 2.28. The smallest absolute Gasteiger partial charge is 0.337 e. The van der Waals surface area contributed by atoms with Gasteiger partial charge in [-0.2, -0.15) is 5.10 Å². The molecule has 0 unspecified atom stereocenters. The number of ether oxygens (including phenoxy) is 1. The summed E-state index contributed by atoms with van der Waals surface area (Å²) in [5.41, 5.74) is 6.18. The molecule has 2 aromatic carbocycles. The van der Waals surface area contributed by atoms with Crippen molar-refractivity contribution in [2.75, 3.05) is 13.7 Å². The fraction of sp³-hybridized carbons (Fsp3) is 0.292. The minimum absolute atomic E-state index is 0.0475. The highest BCUT2D eigenvalue weighted by Gasteiger charge is 2.34. The van der Waals surface area contributed by atoms with Gasteiger partial charge in [0.25, 0.3) is 5.91 Å². The number of carbonyl (C=O) groups is 4. The van der Waals surface area contributed by atoms with Crippen molar-refractivity contribution in [1.29, 1.82) is 0 Å². The minimum Gasteiger partial charge on any atom is -0.465 e. The summed E-state index contributed by atoms with van der Waals surface area (Å²) in [6.07, 6.45) is 1.47. The molecule has 3 amide bonds. The van der Waals surface area contributed by atoms with Crippen LogP contribution in [0.5, 0.6) is 0 Å². The van der Waals surface area contributed by atoms with Gasteiger partial charge in [-0.25, -0.2) is 9.18 Å². The van der Waals surface area contributed by atoms with E-state index in [2.05, 4.69) is 10.4 Å². The molecule has 12 heteroatoms. The number of aromatic nitrogens is 2. The van der Waals surface area contributed by atoms with Crippen LogP contribution in [0, 0.1) is 5.82 Å². The Kier molecular flexibility index (Phi) is 7.20. The predicted octanol–water partition coefficient (Wildman–Crippen LogP) is 2.02. The summed E-state index contributed by atoms with van der Waals surface area (Å²) in [6.45, 7) is -0.609. The molecule has 0 aliphatic heterocycles. The first kappa shape index (κ1) is 25.1. The van der Waals surface area contributed by atoms with Crippen molar-refractivity contribution in [1.82, 2.24) is 20.0 Å². The first-order valence-corrected chi connectivity index (χ1v) is 11.4. The molecule has 1 saturated carbocycles. The van der Waals surface area contributed by atoms with Crippen molar-refractivity contribution >= 4 is 46.2 Å². The Morgan fingerprint density at radius 3 is 2.67 bits per heavy atom. The average Bonchev–Trinajstić information content (AvgIpc) is 3.64. The number of nitrogens with two attached hydrogens (primary N) is 1. The number of hydrogen-bond acceptors (Lipinski definition) is 6. The van der Waals surface area contributed by atoms with Gasteiger partial charge in [0.1, 0.15) is 12.4 Å². The average molecular weight is 516 g/mol. The monoisotopic (exact) mass is 515 g/mol. The van der Waals surface area contributed by atoms with E-state index in [-0.39, 0.29) is 47.5 Å². The number of nitrogens with zero attached hydrogens (tertiary/aromatic N) is 3. The number of fused-ring (bicyclic) bond motifs is 1. The fourth-order valence-electron chi connectivity index (χ4n) is 3.84. The molecule has 1 aromatic heterocycles. The number of amides is 3. The van der Waals surface area contributed by atoms with Crippen molar-refractivity contribution in [2.45, 2.75) is 32.0 Å². The largest absolute Gasteiger partial charge is 0.465 e. The van der Waals surface area contributed by atoms with Crippen LogP contribution < -0.4 is 11.1 Å². The lowest BCUT2D eigenvalue weighted by Crippen LogP contribution is -2.43. The Morgan fingerprint density at radius 2 is 2.00 bits per heavy atom. The van der Waals surface area contributed by atoms with Gasteiger partial charge in [0, 0.05) is 23.5 Å². The summed E-state index contributed by atoms with van der Waals surface area (Å²) in [4.78, 5) is 51.1. The third-order valence-electron chi connectivity index (χ3n) is 5.82. The molecule has 3 N–H and O–H groups in total. The van der Waals surface area contributed by atoms with Crippen LogP contribution in [0.3, 0.4) is 0 Å². The Morgan fingerprint density at radius 1 is 1.25 bits per heavy atom. The molecule has 0 saturated heterocycles. The van der Waals surface area contributed by atoms with Gasteiger partial charge in [0.05, 0.1) is 29.8 Å². The van der Waals surface area contributed by atoms with Gasteiger partial charge in [0.2, 0.25) is 11.8 Å². The van der Waals surface area contributed by atoms with Crippen molar-refractivity contribution in [3.63, 3.8) is 0 Å². The molecule has 0 bridgehead atoms. The van der Waals surface area contributed by atoms with Gasteiger partial charge in [-0.15, -0.1) is 0 Å². The highest BCUT2D eigenvalue weighted by molar-refractivity contribution is 6.30. The van der Waals surface area contributed by atoms with E-state index in [1.807, 2.05) is 0 Å². The molecule has 36 heavy (non-hydrogen) atoms. The molecule has 3 aromatic rings. The topological polar surface area (TPSA) is 137 Å². The number of methoxy groups -OCH3 is 1. The van der Waals surface area contributed by atoms with E-state index in [0.29, 0.717) is 10.9 Å². The molecular formula is C24H23ClFN5O5. The zero-order valence-electron chi connectivity index (χ0n) is 19.3. The lowest BCUT2D eigenvalue weighted by Gasteiger charge is -2.22. The molecule has 0 spiro atoms. The number of esters is 1. The van der Waals surface area contributed by atoms with Gasteiger partial charge in [-0.1, -0.05) is 23.7 Å². The SMILES string of the molecule is COC(=O)c1ccc2c(C(N)=O)nn(CC(=O)N(CC(=O)NCc3cccc(Cl)c3F)C3CC3)c2c1. The number of benzene rings is 2. The molecule has 0 radical (unpaired) electrons. The van der Waals surface area contributed by atoms with Gasteiger partial charge in [-0.05, 0) is 37.1 Å². The molecule has 4 rings (SSSR count). The van der Waals surface area contributed by atoms with Crippen LogP contribution in [0.25, 0.3) is 10.9 Å². The van der Waals surface area contributed by atoms with Crippen LogP contribution in [0.4, 0.5) is 4.39 Å². The maximum absolute atomic E-state index is 14.1. The van der Waals surface area contributed by atoms with Gasteiger partial charge >= 0.3 is 5.97 Å². The summed E-state index contributed by atoms with van der Waals surface area (Å²) in [7, 11) is 1.24. The molecule has 1 aliphatic carbocycles. The molecular weight excluding hydrogens is 493 g/mol. The summed E-state index contributed by atoms with van der Waals surface area (Å²) >= 11 is 5.78. The predicted molar refractivity (Wildman–Crippen MR) is 128 cm³/mol. The van der Waals surface area contributed by atoms with Crippen LogP contribution in [0.1, 0.15) is 39.3 Å². The number of halogens is 2. The maximum Gasteiger partial charge on any atom is 0.337 e. The highest BCUT2D eigenvalue weighted by atomic mass is 35.5. The summed E-state index contributed by atoms with van der Waals surface area (Å²) in [5, 5.41) is 7.12. The Bertz CT molecular complexity index is 1370. The van der Waals surface area contributed by atoms with Crippen molar-refractivity contribution in [3.8, 4) is 0 Å². The Balaban J connectivity index is 1.51. The molecule has 10 nitrogen and oxygen atoms in total. The van der Waals surface area contributed by atoms with Crippen molar-refractivity contribution in [3.05, 3.63) is 64.1 Å². The van der Waals surface area contributed by atoms with Gasteiger partial charge in [-0.3, -0.25) is 19.1 Å². The van der Waals surface area contributed by atoms with E-state index in [9.17, 15) is 23.6 Å². The maximum atomic E-state index is 14.1. The summed E-state index contributed by atoms with van der Waals surface area (Å²) in [5.74, 6) is -2.87. The van der Waals surface area contributed by atoms with Crippen LogP contribution in [0.2, 0.25) is 5.02 Å². The second-order valence-electron chi connectivity index (χ2n) is 8.34. The van der Waals surface area contributed by atoms with Crippen LogP contribution >= 0.6 is 11.6 Å². The first-order valence-electron chi connectivity index (χ1n) is 11.1. The van der Waals surface area contributed by atoms with Crippen molar-refractivity contribution < 1.29 is 28.3 Å². The van der Waals surface area contributed by atoms with Crippen LogP contribution in [0.15, 0.2) is 36.4 Å². The normalized spacial score (nSPS) is 12.9. The van der Waals surface area contributed by atoms with Crippen molar-refractivity contribution in [2.24, 2.45) is 5.73 Å². The summed E-state index contributed by atoms with van der Waals surface area (Å²) in [6, 6.07) is 8.82. The van der Waals surface area contributed by atoms with Gasteiger partial charge in [0.15, 0.2) is 5.69 Å². The summed E-state index contributed by atoms with van der Waals surface area (Å²) < 4.78 is 20.1. The minimum atomic E-state index is -0.788. The number of nitrogens with one attached hydrogen (secondary N) is 1. The zero-order valence-corrected chi connectivity index (χ0v) is 20.0. The first-order chi connectivity index (χ1) is 17.2. The molecule has 1 aliphatic rings. The quantitative estimate of drug-likeness (QED) is 0.418. The second kappa shape index (κ2) is 10.3.